The molecule has 1 amide bonds. The largest absolute Gasteiger partial charge is 0.368 e. The van der Waals surface area contributed by atoms with Crippen molar-refractivity contribution in [3.8, 4) is 0 Å². The highest BCUT2D eigenvalue weighted by Gasteiger charge is 2.12. The number of nitrogens with one attached hydrogen (secondary N) is 1. The minimum atomic E-state index is 0.0586. The van der Waals surface area contributed by atoms with Crippen LogP contribution in [0.4, 0.5) is 17.6 Å². The lowest BCUT2D eigenvalue weighted by Crippen LogP contribution is -2.28. The van der Waals surface area contributed by atoms with Crippen molar-refractivity contribution in [3.63, 3.8) is 0 Å². The molecule has 1 aromatic heterocycles. The highest BCUT2D eigenvalue weighted by molar-refractivity contribution is 7.99. The highest BCUT2D eigenvalue weighted by Crippen LogP contribution is 2.17. The number of carbonyl (C=O) groups excluding carboxylic acids is 1. The average Bonchev–Trinajstić information content (AvgIpc) is 2.71. The number of aromatic nitrogens is 3. The maximum atomic E-state index is 12.5. The highest BCUT2D eigenvalue weighted by atomic mass is 32.2. The zero-order chi connectivity index (χ0) is 21.5. The Labute approximate surface area is 181 Å². The molecule has 0 spiro atoms. The second-order valence-electron chi connectivity index (χ2n) is 7.09. The second-order valence-corrected chi connectivity index (χ2v) is 8.08. The summed E-state index contributed by atoms with van der Waals surface area (Å²) in [6.07, 6.45) is 0. The number of benzene rings is 2. The van der Waals surface area contributed by atoms with Crippen LogP contribution in [-0.2, 0) is 17.1 Å². The van der Waals surface area contributed by atoms with Crippen molar-refractivity contribution in [1.29, 1.82) is 0 Å². The normalized spacial score (nSPS) is 10.6. The molecule has 0 radical (unpaired) electrons. The van der Waals surface area contributed by atoms with Gasteiger partial charge in [-0.25, -0.2) is 0 Å². The van der Waals surface area contributed by atoms with Gasteiger partial charge < -0.3 is 16.0 Å². The number of thioether (sulfide) groups is 1. The van der Waals surface area contributed by atoms with Gasteiger partial charge in [0.05, 0.1) is 11.5 Å². The Morgan fingerprint density at radius 2 is 1.80 bits per heavy atom. The van der Waals surface area contributed by atoms with Gasteiger partial charge in [-0.1, -0.05) is 42.0 Å². The van der Waals surface area contributed by atoms with Crippen molar-refractivity contribution >= 4 is 35.3 Å². The van der Waals surface area contributed by atoms with E-state index in [1.165, 1.54) is 22.9 Å². The number of rotatable bonds is 8. The summed E-state index contributed by atoms with van der Waals surface area (Å²) < 4.78 is 0. The number of nitrogens with two attached hydrogens (primary N) is 1. The average molecular weight is 423 g/mol. The van der Waals surface area contributed by atoms with Gasteiger partial charge in [0.25, 0.3) is 0 Å². The smallest absolute Gasteiger partial charge is 0.232 e. The van der Waals surface area contributed by atoms with Crippen LogP contribution in [0.5, 0.6) is 0 Å². The monoisotopic (exact) mass is 422 g/mol. The Bertz CT molecular complexity index is 1010. The fourth-order valence-electron chi connectivity index (χ4n) is 2.80. The van der Waals surface area contributed by atoms with Crippen LogP contribution in [0.3, 0.4) is 0 Å². The van der Waals surface area contributed by atoms with Gasteiger partial charge in [0.15, 0.2) is 0 Å². The summed E-state index contributed by atoms with van der Waals surface area (Å²) in [5.41, 5.74) is 10.2. The van der Waals surface area contributed by atoms with E-state index < -0.39 is 0 Å². The topological polar surface area (TPSA) is 97.0 Å². The van der Waals surface area contributed by atoms with Crippen molar-refractivity contribution in [2.75, 3.05) is 23.9 Å². The maximum absolute atomic E-state index is 12.5. The summed E-state index contributed by atoms with van der Waals surface area (Å²) in [4.78, 5) is 26.9. The van der Waals surface area contributed by atoms with Crippen LogP contribution in [0, 0.1) is 13.8 Å². The molecule has 0 saturated carbocycles. The summed E-state index contributed by atoms with van der Waals surface area (Å²) in [5, 5.41) is 3.14. The first-order valence-corrected chi connectivity index (χ1v) is 10.8. The van der Waals surface area contributed by atoms with E-state index in [0.29, 0.717) is 29.8 Å². The summed E-state index contributed by atoms with van der Waals surface area (Å²) in [5.74, 6) is 1.96. The molecule has 3 aromatic rings. The van der Waals surface area contributed by atoms with Gasteiger partial charge in [0, 0.05) is 19.3 Å². The van der Waals surface area contributed by atoms with Gasteiger partial charge in [-0.2, -0.15) is 15.0 Å². The first-order chi connectivity index (χ1) is 14.4. The second kappa shape index (κ2) is 10.1. The fraction of sp³-hybridized carbons (Fsp3) is 0.273. The molecule has 3 rings (SSSR count). The van der Waals surface area contributed by atoms with E-state index >= 15 is 0 Å². The number of carbonyl (C=O) groups is 1. The van der Waals surface area contributed by atoms with E-state index in [1.807, 2.05) is 56.4 Å². The van der Waals surface area contributed by atoms with Crippen molar-refractivity contribution in [2.24, 2.45) is 0 Å². The lowest BCUT2D eigenvalue weighted by molar-refractivity contribution is -0.127. The molecule has 0 aliphatic carbocycles. The van der Waals surface area contributed by atoms with E-state index in [-0.39, 0.29) is 11.9 Å². The Hall–Kier alpha value is -3.13. The number of nitrogen functional groups attached to an aromatic ring is 1. The van der Waals surface area contributed by atoms with E-state index in [1.54, 1.807) is 4.90 Å². The SMILES string of the molecule is Cc1ccc(Nc2nc(N)nc(CSCC(=O)N(C)Cc3ccccc3C)n2)cc1. The van der Waals surface area contributed by atoms with E-state index in [4.69, 9.17) is 5.73 Å². The van der Waals surface area contributed by atoms with Gasteiger partial charge in [-0.3, -0.25) is 4.79 Å². The molecule has 0 atom stereocenters. The molecule has 0 unspecified atom stereocenters. The summed E-state index contributed by atoms with van der Waals surface area (Å²) >= 11 is 1.46. The zero-order valence-corrected chi connectivity index (χ0v) is 18.2. The first-order valence-electron chi connectivity index (χ1n) is 9.61. The fourth-order valence-corrected chi connectivity index (χ4v) is 3.60. The lowest BCUT2D eigenvalue weighted by atomic mass is 10.1. The van der Waals surface area contributed by atoms with E-state index in [0.717, 1.165) is 11.3 Å². The Balaban J connectivity index is 1.53. The molecule has 1 heterocycles. The van der Waals surface area contributed by atoms with Crippen LogP contribution < -0.4 is 11.1 Å². The molecule has 0 bridgehead atoms. The molecule has 7 nitrogen and oxygen atoms in total. The Morgan fingerprint density at radius 3 is 2.53 bits per heavy atom. The van der Waals surface area contributed by atoms with Crippen molar-refractivity contribution in [2.45, 2.75) is 26.1 Å². The van der Waals surface area contributed by atoms with Gasteiger partial charge in [-0.05, 0) is 37.1 Å². The number of nitrogens with zero attached hydrogens (tertiary/aromatic N) is 4. The predicted molar refractivity (Wildman–Crippen MR) is 123 cm³/mol. The van der Waals surface area contributed by atoms with E-state index in [9.17, 15) is 4.79 Å². The van der Waals surface area contributed by atoms with Crippen LogP contribution in [-0.4, -0.2) is 38.6 Å². The van der Waals surface area contributed by atoms with Crippen LogP contribution in [0.1, 0.15) is 22.5 Å². The third-order valence-electron chi connectivity index (χ3n) is 4.56. The number of aryl methyl sites for hydroxylation is 2. The predicted octanol–water partition coefficient (Wildman–Crippen LogP) is 3.71. The maximum Gasteiger partial charge on any atom is 0.232 e. The molecule has 156 valence electrons. The van der Waals surface area contributed by atoms with Gasteiger partial charge in [-0.15, -0.1) is 11.8 Å². The summed E-state index contributed by atoms with van der Waals surface area (Å²) in [6, 6.07) is 16.0. The minimum absolute atomic E-state index is 0.0586. The molecule has 0 saturated heterocycles. The summed E-state index contributed by atoms with van der Waals surface area (Å²) in [6.45, 7) is 4.67. The van der Waals surface area contributed by atoms with Gasteiger partial charge in [0.1, 0.15) is 5.82 Å². The zero-order valence-electron chi connectivity index (χ0n) is 17.4. The Morgan fingerprint density at radius 1 is 1.07 bits per heavy atom. The van der Waals surface area contributed by atoms with Gasteiger partial charge >= 0.3 is 0 Å². The molecule has 30 heavy (non-hydrogen) atoms. The minimum Gasteiger partial charge on any atom is -0.368 e. The quantitative estimate of drug-likeness (QED) is 0.571. The third kappa shape index (κ3) is 6.18. The van der Waals surface area contributed by atoms with Gasteiger partial charge in [0.2, 0.25) is 17.8 Å². The molecule has 8 heteroatoms. The lowest BCUT2D eigenvalue weighted by Gasteiger charge is -2.18. The number of hydrogen-bond donors (Lipinski definition) is 2. The summed E-state index contributed by atoms with van der Waals surface area (Å²) in [7, 11) is 1.82. The molecule has 3 N–H and O–H groups in total. The molecular weight excluding hydrogens is 396 g/mol. The standard InChI is InChI=1S/C22H26N6OS/c1-15-8-10-18(11-9-15)24-22-26-19(25-21(23)27-22)13-30-14-20(29)28(3)12-17-7-5-4-6-16(17)2/h4-11H,12-14H2,1-3H3,(H3,23,24,25,26,27). The van der Waals surface area contributed by atoms with Crippen LogP contribution >= 0.6 is 11.8 Å². The number of amides is 1. The van der Waals surface area contributed by atoms with Crippen molar-refractivity contribution < 1.29 is 4.79 Å². The number of hydrogen-bond acceptors (Lipinski definition) is 7. The Kier molecular flexibility index (Phi) is 7.24. The molecule has 2 aromatic carbocycles. The van der Waals surface area contributed by atoms with Crippen molar-refractivity contribution in [3.05, 3.63) is 71.0 Å². The molecule has 0 fully saturated rings. The van der Waals surface area contributed by atoms with Crippen molar-refractivity contribution in [1.82, 2.24) is 19.9 Å². The van der Waals surface area contributed by atoms with E-state index in [2.05, 4.69) is 33.3 Å². The molecular formula is C22H26N6OS. The molecule has 0 aliphatic heterocycles. The third-order valence-corrected chi connectivity index (χ3v) is 5.47. The van der Waals surface area contributed by atoms with Crippen LogP contribution in [0.25, 0.3) is 0 Å². The molecule has 0 aliphatic rings. The number of anilines is 3. The first kappa shape index (κ1) is 21.6. The van der Waals surface area contributed by atoms with Crippen LogP contribution in [0.2, 0.25) is 0 Å². The van der Waals surface area contributed by atoms with Crippen LogP contribution in [0.15, 0.2) is 48.5 Å².